The summed E-state index contributed by atoms with van der Waals surface area (Å²) >= 11 is 2.45. The van der Waals surface area contributed by atoms with Crippen LogP contribution < -0.4 is 4.90 Å². The van der Waals surface area contributed by atoms with Crippen molar-refractivity contribution in [3.63, 3.8) is 0 Å². The highest BCUT2D eigenvalue weighted by molar-refractivity contribution is 14.1. The Hall–Kier alpha value is -3.37. The molecule has 0 fully saturated rings. The van der Waals surface area contributed by atoms with Gasteiger partial charge in [-0.1, -0.05) is 146 Å². The van der Waals surface area contributed by atoms with Gasteiger partial charge < -0.3 is 4.90 Å². The van der Waals surface area contributed by atoms with Gasteiger partial charge in [-0.15, -0.1) is 0 Å². The topological polar surface area (TPSA) is 3.24 Å². The molecule has 2 heteroatoms. The van der Waals surface area contributed by atoms with E-state index in [1.165, 1.54) is 137 Å². The maximum Gasteiger partial charge on any atom is 0.0508 e. The van der Waals surface area contributed by atoms with Crippen LogP contribution in [0.2, 0.25) is 0 Å². The van der Waals surface area contributed by atoms with Crippen LogP contribution in [0.15, 0.2) is 109 Å². The molecule has 0 N–H and O–H groups in total. The molecule has 0 unspecified atom stereocenters. The number of unbranched alkanes of at least 4 members (excludes halogenated alkanes) is 4. The van der Waals surface area contributed by atoms with Crippen LogP contribution in [-0.4, -0.2) is 0 Å². The van der Waals surface area contributed by atoms with E-state index < -0.39 is 0 Å². The van der Waals surface area contributed by atoms with Crippen LogP contribution in [0.5, 0.6) is 0 Å². The number of halogens is 1. The Morgan fingerprint density at radius 2 is 0.940 bits per heavy atom. The summed E-state index contributed by atoms with van der Waals surface area (Å²) in [6.07, 6.45) is 14.5. The summed E-state index contributed by atoms with van der Waals surface area (Å²) in [6, 6.07) is 42.5. The third-order valence-electron chi connectivity index (χ3n) is 11.9. The molecule has 0 radical (unpaired) electrons. The lowest BCUT2D eigenvalue weighted by molar-refractivity contribution is 0.414. The molecule has 0 amide bonds. The molecule has 0 spiro atoms. The minimum Gasteiger partial charge on any atom is -0.310 e. The third-order valence-corrected chi connectivity index (χ3v) is 12.6. The molecular formula is C48H54IN. The maximum absolute atomic E-state index is 2.63. The molecule has 50 heavy (non-hydrogen) atoms. The fourth-order valence-electron chi connectivity index (χ4n) is 9.55. The first kappa shape index (κ1) is 35.1. The first-order valence-corrected chi connectivity index (χ1v) is 20.6. The van der Waals surface area contributed by atoms with Gasteiger partial charge in [0.25, 0.3) is 0 Å². The average molecular weight is 772 g/mol. The van der Waals surface area contributed by atoms with E-state index >= 15 is 0 Å². The van der Waals surface area contributed by atoms with Crippen LogP contribution in [0.4, 0.5) is 17.1 Å². The lowest BCUT2D eigenvalue weighted by atomic mass is 9.70. The molecule has 5 aromatic rings. The highest BCUT2D eigenvalue weighted by Gasteiger charge is 2.46. The molecule has 258 valence electrons. The van der Waals surface area contributed by atoms with Gasteiger partial charge in [-0.2, -0.15) is 0 Å². The van der Waals surface area contributed by atoms with Crippen LogP contribution in [0, 0.1) is 3.57 Å². The minimum atomic E-state index is -0.00499. The van der Waals surface area contributed by atoms with E-state index in [1.807, 2.05) is 0 Å². The van der Waals surface area contributed by atoms with Crippen molar-refractivity contribution in [3.8, 4) is 22.3 Å². The van der Waals surface area contributed by atoms with Crippen molar-refractivity contribution in [2.45, 2.75) is 116 Å². The molecule has 1 nitrogen and oxygen atoms in total. The Kier molecular flexibility index (Phi) is 10.6. The van der Waals surface area contributed by atoms with E-state index in [4.69, 9.17) is 0 Å². The van der Waals surface area contributed by atoms with Crippen molar-refractivity contribution < 1.29 is 0 Å². The van der Waals surface area contributed by atoms with E-state index in [2.05, 4.69) is 164 Å². The van der Waals surface area contributed by atoms with E-state index in [0.717, 1.165) is 0 Å². The van der Waals surface area contributed by atoms with E-state index in [1.54, 1.807) is 5.56 Å². The predicted molar refractivity (Wildman–Crippen MR) is 224 cm³/mol. The Labute approximate surface area is 315 Å². The maximum atomic E-state index is 2.63. The predicted octanol–water partition coefficient (Wildman–Crippen LogP) is 15.1. The summed E-state index contributed by atoms with van der Waals surface area (Å²) in [5.74, 6) is 0. The molecule has 0 aliphatic heterocycles. The standard InChI is InChI=1S/C48H54IN/c1-5-9-30-47(31-10-6-2)42-21-15-13-18-38(42)40-29-28-37(34-44(40)47)50(36-26-24-35(49)25-27-36)45-23-17-20-41-39-19-14-16-22-43(39)48(46(41)45,32-11-7-3)33-12-8-4/h13-29,34H,5-12,30-33H2,1-4H3. The second kappa shape index (κ2) is 15.1. The highest BCUT2D eigenvalue weighted by Crippen LogP contribution is 2.60. The monoisotopic (exact) mass is 771 g/mol. The Bertz CT molecular complexity index is 1920. The van der Waals surface area contributed by atoms with Crippen molar-refractivity contribution in [2.75, 3.05) is 4.90 Å². The second-order valence-corrected chi connectivity index (χ2v) is 16.2. The van der Waals surface area contributed by atoms with Gasteiger partial charge in [0, 0.05) is 25.8 Å². The molecule has 7 rings (SSSR count). The van der Waals surface area contributed by atoms with Gasteiger partial charge in [0.2, 0.25) is 0 Å². The zero-order valence-electron chi connectivity index (χ0n) is 30.7. The number of nitrogens with zero attached hydrogens (tertiary/aromatic N) is 1. The molecule has 0 heterocycles. The lowest BCUT2D eigenvalue weighted by Crippen LogP contribution is -2.28. The smallest absolute Gasteiger partial charge is 0.0508 e. The molecule has 5 aromatic carbocycles. The van der Waals surface area contributed by atoms with Crippen LogP contribution in [0.25, 0.3) is 22.3 Å². The van der Waals surface area contributed by atoms with Crippen LogP contribution in [-0.2, 0) is 10.8 Å². The Morgan fingerprint density at radius 3 is 1.54 bits per heavy atom. The number of hydrogen-bond donors (Lipinski definition) is 0. The summed E-state index contributed by atoms with van der Waals surface area (Å²) in [4.78, 5) is 2.63. The summed E-state index contributed by atoms with van der Waals surface area (Å²) in [5, 5.41) is 0. The molecular weight excluding hydrogens is 717 g/mol. The van der Waals surface area contributed by atoms with Gasteiger partial charge in [0.1, 0.15) is 0 Å². The largest absolute Gasteiger partial charge is 0.310 e. The highest BCUT2D eigenvalue weighted by atomic mass is 127. The zero-order valence-corrected chi connectivity index (χ0v) is 32.9. The number of benzene rings is 5. The van der Waals surface area contributed by atoms with Gasteiger partial charge in [0.15, 0.2) is 0 Å². The number of anilines is 3. The Morgan fingerprint density at radius 1 is 0.460 bits per heavy atom. The van der Waals surface area contributed by atoms with E-state index in [-0.39, 0.29) is 10.8 Å². The molecule has 0 saturated carbocycles. The minimum absolute atomic E-state index is 0.00499. The van der Waals surface area contributed by atoms with Gasteiger partial charge >= 0.3 is 0 Å². The molecule has 0 atom stereocenters. The fourth-order valence-corrected chi connectivity index (χ4v) is 9.91. The summed E-state index contributed by atoms with van der Waals surface area (Å²) in [7, 11) is 0. The second-order valence-electron chi connectivity index (χ2n) is 14.9. The molecule has 0 aromatic heterocycles. The molecule has 0 bridgehead atoms. The quantitative estimate of drug-likeness (QED) is 0.0958. The lowest BCUT2D eigenvalue weighted by Gasteiger charge is -2.38. The zero-order chi connectivity index (χ0) is 34.7. The molecule has 2 aliphatic rings. The fraction of sp³-hybridized carbons (Fsp3) is 0.375. The van der Waals surface area contributed by atoms with Gasteiger partial charge in [0.05, 0.1) is 5.69 Å². The van der Waals surface area contributed by atoms with E-state index in [0.29, 0.717) is 0 Å². The summed E-state index contributed by atoms with van der Waals surface area (Å²) in [6.45, 7) is 9.40. The van der Waals surface area contributed by atoms with Crippen LogP contribution in [0.3, 0.4) is 0 Å². The van der Waals surface area contributed by atoms with Crippen molar-refractivity contribution in [3.05, 3.63) is 135 Å². The van der Waals surface area contributed by atoms with Crippen molar-refractivity contribution in [1.29, 1.82) is 0 Å². The number of fused-ring (bicyclic) bond motifs is 6. The summed E-state index contributed by atoms with van der Waals surface area (Å²) in [5.41, 5.74) is 15.8. The number of hydrogen-bond acceptors (Lipinski definition) is 1. The third kappa shape index (κ3) is 5.94. The SMILES string of the molecule is CCCCC1(CCCC)c2ccccc2-c2ccc(N(c3ccc(I)cc3)c3cccc4c3C(CCCC)(CCCC)c3ccccc3-4)cc21. The average Bonchev–Trinajstić information content (AvgIpc) is 3.60. The normalized spacial score (nSPS) is 14.6. The summed E-state index contributed by atoms with van der Waals surface area (Å²) < 4.78 is 1.26. The molecule has 2 aliphatic carbocycles. The van der Waals surface area contributed by atoms with Crippen LogP contribution in [0.1, 0.15) is 127 Å². The number of rotatable bonds is 15. The van der Waals surface area contributed by atoms with Crippen molar-refractivity contribution in [1.82, 2.24) is 0 Å². The van der Waals surface area contributed by atoms with Gasteiger partial charge in [-0.3, -0.25) is 0 Å². The van der Waals surface area contributed by atoms with Crippen LogP contribution >= 0.6 is 22.6 Å². The van der Waals surface area contributed by atoms with Gasteiger partial charge in [-0.05, 0) is 135 Å². The van der Waals surface area contributed by atoms with Crippen molar-refractivity contribution >= 4 is 39.7 Å². The first-order valence-electron chi connectivity index (χ1n) is 19.6. The van der Waals surface area contributed by atoms with E-state index in [9.17, 15) is 0 Å². The van der Waals surface area contributed by atoms with Gasteiger partial charge in [-0.25, -0.2) is 0 Å². The first-order chi connectivity index (χ1) is 24.5. The molecule has 0 saturated heterocycles. The Balaban J connectivity index is 1.49. The van der Waals surface area contributed by atoms with Crippen molar-refractivity contribution in [2.24, 2.45) is 0 Å².